The lowest BCUT2D eigenvalue weighted by atomic mass is 10.1. The Morgan fingerprint density at radius 3 is 1.75 bits per heavy atom. The van der Waals surface area contributed by atoms with E-state index in [1.165, 1.54) is 38.9 Å². The Hall–Kier alpha value is 0.270. The van der Waals surface area contributed by atoms with Crippen LogP contribution >= 0.6 is 8.60 Å². The molecule has 1 aliphatic rings. The molecule has 0 aromatic rings. The second-order valence-electron chi connectivity index (χ2n) is 2.76. The molecule has 0 radical (unpaired) electrons. The van der Waals surface area contributed by atoms with E-state index in [-0.39, 0.29) is 0 Å². The molecule has 0 bridgehead atoms. The topological polar surface area (TPSA) is 63.9 Å². The average molecular weight is 195 g/mol. The normalized spacial score (nSPS) is 18.8. The van der Waals surface area contributed by atoms with E-state index in [4.69, 9.17) is 14.7 Å². The largest absolute Gasteiger partial charge is 0.328 e. The van der Waals surface area contributed by atoms with Crippen LogP contribution in [0.15, 0.2) is 0 Å². The zero-order valence-electron chi connectivity index (χ0n) is 7.48. The van der Waals surface area contributed by atoms with Crippen LogP contribution in [0.2, 0.25) is 0 Å². The van der Waals surface area contributed by atoms with E-state index in [9.17, 15) is 0 Å². The molecule has 0 saturated carbocycles. The van der Waals surface area contributed by atoms with Crippen LogP contribution in [0.3, 0.4) is 0 Å². The lowest BCUT2D eigenvalue weighted by Gasteiger charge is -2.24. The van der Waals surface area contributed by atoms with Crippen LogP contribution < -0.4 is 0 Å². The summed E-state index contributed by atoms with van der Waals surface area (Å²) in [5, 5.41) is 0. The molecule has 74 valence electrons. The molecule has 1 aliphatic heterocycles. The molecule has 0 unspecified atom stereocenters. The van der Waals surface area contributed by atoms with Gasteiger partial charge in [-0.05, 0) is 32.5 Å². The summed E-state index contributed by atoms with van der Waals surface area (Å²) >= 11 is 0. The summed E-state index contributed by atoms with van der Waals surface area (Å²) in [6.07, 6.45) is 4.30. The Bertz CT molecular complexity index is 93.9. The van der Waals surface area contributed by atoms with Crippen molar-refractivity contribution in [2.24, 2.45) is 0 Å². The lowest BCUT2D eigenvalue weighted by Crippen LogP contribution is -2.29. The quantitative estimate of drug-likeness (QED) is 0.538. The monoisotopic (exact) mass is 195 g/mol. The first-order valence-corrected chi connectivity index (χ1v) is 5.46. The summed E-state index contributed by atoms with van der Waals surface area (Å²) in [6, 6.07) is 0. The van der Waals surface area contributed by atoms with Crippen molar-refractivity contribution in [2.45, 2.75) is 26.2 Å². The highest BCUT2D eigenvalue weighted by atomic mass is 31.2. The third kappa shape index (κ3) is 8.37. The van der Waals surface area contributed by atoms with Gasteiger partial charge in [-0.2, -0.15) is 0 Å². The standard InChI is InChI=1S/C7H15N.H3O3P/c1-2-8-6-4-3-5-7-8;1-4(2)3/h2-7H2,1H3;1-3H. The predicted octanol–water partition coefficient (Wildman–Crippen LogP) is 0.682. The lowest BCUT2D eigenvalue weighted by molar-refractivity contribution is 0.240. The summed E-state index contributed by atoms with van der Waals surface area (Å²) in [5.74, 6) is 0. The Morgan fingerprint density at radius 2 is 1.50 bits per heavy atom. The van der Waals surface area contributed by atoms with Gasteiger partial charge in [-0.3, -0.25) is 0 Å². The average Bonchev–Trinajstić information content (AvgIpc) is 2.05. The minimum atomic E-state index is -2.62. The number of piperidine rings is 1. The van der Waals surface area contributed by atoms with Crippen molar-refractivity contribution < 1.29 is 14.7 Å². The summed E-state index contributed by atoms with van der Waals surface area (Å²) in [6.45, 7) is 6.18. The first kappa shape index (κ1) is 12.3. The first-order valence-electron chi connectivity index (χ1n) is 4.26. The zero-order valence-corrected chi connectivity index (χ0v) is 8.37. The van der Waals surface area contributed by atoms with Gasteiger partial charge in [0.05, 0.1) is 0 Å². The van der Waals surface area contributed by atoms with Gasteiger partial charge in [0, 0.05) is 0 Å². The van der Waals surface area contributed by atoms with Gasteiger partial charge >= 0.3 is 8.60 Å². The summed E-state index contributed by atoms with van der Waals surface area (Å²) < 4.78 is 0. The van der Waals surface area contributed by atoms with E-state index in [1.54, 1.807) is 0 Å². The molecule has 0 aromatic heterocycles. The molecular formula is C7H18NO3P. The second kappa shape index (κ2) is 7.90. The maximum atomic E-state index is 7.23. The van der Waals surface area contributed by atoms with Crippen LogP contribution in [-0.4, -0.2) is 39.2 Å². The molecule has 1 fully saturated rings. The van der Waals surface area contributed by atoms with E-state index in [1.807, 2.05) is 0 Å². The molecule has 0 aliphatic carbocycles. The van der Waals surface area contributed by atoms with Crippen molar-refractivity contribution in [2.75, 3.05) is 19.6 Å². The van der Waals surface area contributed by atoms with Crippen molar-refractivity contribution in [1.82, 2.24) is 4.90 Å². The minimum absolute atomic E-state index is 1.25. The number of likely N-dealkylation sites (tertiary alicyclic amines) is 1. The van der Waals surface area contributed by atoms with E-state index in [2.05, 4.69) is 11.8 Å². The van der Waals surface area contributed by atoms with Gasteiger partial charge in [0.2, 0.25) is 0 Å². The van der Waals surface area contributed by atoms with E-state index < -0.39 is 8.60 Å². The van der Waals surface area contributed by atoms with Crippen molar-refractivity contribution in [1.29, 1.82) is 0 Å². The molecule has 0 spiro atoms. The molecule has 0 aromatic carbocycles. The maximum absolute atomic E-state index is 7.23. The molecule has 12 heavy (non-hydrogen) atoms. The fourth-order valence-corrected chi connectivity index (χ4v) is 1.28. The molecule has 0 amide bonds. The van der Waals surface area contributed by atoms with E-state index in [0.29, 0.717) is 0 Å². The molecule has 5 heteroatoms. The van der Waals surface area contributed by atoms with Gasteiger partial charge in [0.1, 0.15) is 0 Å². The number of hydrogen-bond acceptors (Lipinski definition) is 4. The van der Waals surface area contributed by atoms with Crippen LogP contribution in [0.1, 0.15) is 26.2 Å². The molecule has 1 rings (SSSR count). The van der Waals surface area contributed by atoms with Crippen molar-refractivity contribution >= 4 is 8.60 Å². The van der Waals surface area contributed by atoms with Crippen molar-refractivity contribution in [3.8, 4) is 0 Å². The van der Waals surface area contributed by atoms with Gasteiger partial charge in [-0.25, -0.2) is 0 Å². The minimum Gasteiger partial charge on any atom is -0.328 e. The highest BCUT2D eigenvalue weighted by Crippen LogP contribution is 2.11. The Morgan fingerprint density at radius 1 is 1.08 bits per heavy atom. The first-order chi connectivity index (χ1) is 5.66. The number of hydrogen-bond donors (Lipinski definition) is 3. The summed E-state index contributed by atoms with van der Waals surface area (Å²) in [5.41, 5.74) is 0. The van der Waals surface area contributed by atoms with Crippen molar-refractivity contribution in [3.63, 3.8) is 0 Å². The third-order valence-corrected chi connectivity index (χ3v) is 1.90. The molecule has 0 atom stereocenters. The Balaban J connectivity index is 0.000000261. The van der Waals surface area contributed by atoms with Crippen LogP contribution in [0.5, 0.6) is 0 Å². The molecular weight excluding hydrogens is 177 g/mol. The SMILES string of the molecule is CCN1CCCCC1.OP(O)O. The third-order valence-electron chi connectivity index (χ3n) is 1.90. The zero-order chi connectivity index (χ0) is 9.40. The smallest absolute Gasteiger partial charge is 0.324 e. The van der Waals surface area contributed by atoms with Crippen LogP contribution in [0.4, 0.5) is 0 Å². The van der Waals surface area contributed by atoms with Crippen LogP contribution in [-0.2, 0) is 0 Å². The summed E-state index contributed by atoms with van der Waals surface area (Å²) in [7, 11) is -2.62. The summed E-state index contributed by atoms with van der Waals surface area (Å²) in [4.78, 5) is 24.2. The van der Waals surface area contributed by atoms with Crippen LogP contribution in [0, 0.1) is 0 Å². The number of nitrogens with zero attached hydrogens (tertiary/aromatic N) is 1. The van der Waals surface area contributed by atoms with Crippen LogP contribution in [0.25, 0.3) is 0 Å². The van der Waals surface area contributed by atoms with Gasteiger partial charge in [-0.15, -0.1) is 0 Å². The highest BCUT2D eigenvalue weighted by molar-refractivity contribution is 7.38. The molecule has 1 heterocycles. The highest BCUT2D eigenvalue weighted by Gasteiger charge is 2.05. The predicted molar refractivity (Wildman–Crippen MR) is 49.5 cm³/mol. The van der Waals surface area contributed by atoms with E-state index >= 15 is 0 Å². The molecule has 4 nitrogen and oxygen atoms in total. The fraction of sp³-hybridized carbons (Fsp3) is 1.00. The second-order valence-corrected chi connectivity index (χ2v) is 3.30. The van der Waals surface area contributed by atoms with Gasteiger partial charge < -0.3 is 19.6 Å². The Kier molecular flexibility index (Phi) is 8.07. The van der Waals surface area contributed by atoms with Gasteiger partial charge in [-0.1, -0.05) is 13.3 Å². The van der Waals surface area contributed by atoms with Gasteiger partial charge in [0.25, 0.3) is 0 Å². The fourth-order valence-electron chi connectivity index (χ4n) is 1.28. The van der Waals surface area contributed by atoms with E-state index in [0.717, 1.165) is 0 Å². The maximum Gasteiger partial charge on any atom is 0.324 e. The van der Waals surface area contributed by atoms with Gasteiger partial charge in [0.15, 0.2) is 0 Å². The number of rotatable bonds is 1. The molecule has 1 saturated heterocycles. The Labute approximate surface area is 74.8 Å². The van der Waals surface area contributed by atoms with Crippen molar-refractivity contribution in [3.05, 3.63) is 0 Å². The molecule has 3 N–H and O–H groups in total.